The second-order valence-corrected chi connectivity index (χ2v) is 7.20. The second kappa shape index (κ2) is 9.09. The number of aliphatic hydroxyl groups excluding tert-OH is 1. The van der Waals surface area contributed by atoms with Gasteiger partial charge in [0.15, 0.2) is 5.88 Å². The predicted octanol–water partition coefficient (Wildman–Crippen LogP) is 3.64. The Hall–Kier alpha value is -3.86. The van der Waals surface area contributed by atoms with Gasteiger partial charge in [0.2, 0.25) is 5.91 Å². The highest BCUT2D eigenvalue weighted by molar-refractivity contribution is 6.06. The fraction of sp³-hybridized carbons (Fsp3) is 0.227. The van der Waals surface area contributed by atoms with Crippen molar-refractivity contribution in [1.82, 2.24) is 0 Å². The van der Waals surface area contributed by atoms with Gasteiger partial charge in [-0.1, -0.05) is 43.2 Å². The number of aliphatic hydroxyl groups is 1. The number of nitrogens with two attached hydrogens (primary N) is 1. The van der Waals surface area contributed by atoms with Crippen LogP contribution in [0, 0.1) is 28.5 Å². The van der Waals surface area contributed by atoms with Gasteiger partial charge < -0.3 is 26.9 Å². The number of amides is 1. The first-order valence-electron chi connectivity index (χ1n) is 9.48. The maximum atomic E-state index is 14.5. The van der Waals surface area contributed by atoms with Crippen LogP contribution in [0.2, 0.25) is 0 Å². The molecule has 1 aliphatic carbocycles. The van der Waals surface area contributed by atoms with Gasteiger partial charge in [0.05, 0.1) is 22.6 Å². The van der Waals surface area contributed by atoms with E-state index in [0.717, 1.165) is 18.9 Å². The van der Waals surface area contributed by atoms with Crippen LogP contribution < -0.4 is 16.4 Å². The molecule has 1 amide bonds. The van der Waals surface area contributed by atoms with Gasteiger partial charge >= 0.3 is 0 Å². The molecule has 8 heteroatoms. The van der Waals surface area contributed by atoms with E-state index < -0.39 is 17.8 Å². The van der Waals surface area contributed by atoms with Gasteiger partial charge in [-0.3, -0.25) is 4.79 Å². The molecule has 0 spiro atoms. The molecule has 0 saturated heterocycles. The first-order valence-corrected chi connectivity index (χ1v) is 9.48. The normalized spacial score (nSPS) is 14.5. The molecule has 1 atom stereocenters. The minimum absolute atomic E-state index is 0.00751. The van der Waals surface area contributed by atoms with Crippen LogP contribution in [0.3, 0.4) is 0 Å². The summed E-state index contributed by atoms with van der Waals surface area (Å²) in [6, 6.07) is 12.2. The third kappa shape index (κ3) is 5.35. The van der Waals surface area contributed by atoms with Gasteiger partial charge in [0, 0.05) is 6.08 Å². The zero-order valence-corrected chi connectivity index (χ0v) is 16.2. The fourth-order valence-electron chi connectivity index (χ4n) is 3.01. The Labute approximate surface area is 173 Å². The topological polar surface area (TPSA) is 135 Å². The molecule has 0 radical (unpaired) electrons. The maximum Gasteiger partial charge on any atom is 0.239 e. The van der Waals surface area contributed by atoms with Gasteiger partial charge in [0.1, 0.15) is 17.9 Å². The molecule has 1 fully saturated rings. The van der Waals surface area contributed by atoms with Crippen molar-refractivity contribution in [2.45, 2.75) is 25.3 Å². The van der Waals surface area contributed by atoms with E-state index in [2.05, 4.69) is 10.6 Å². The molecule has 30 heavy (non-hydrogen) atoms. The van der Waals surface area contributed by atoms with E-state index in [1.54, 1.807) is 24.3 Å². The molecule has 0 heterocycles. The molecule has 0 bridgehead atoms. The maximum absolute atomic E-state index is 14.5. The van der Waals surface area contributed by atoms with Crippen LogP contribution in [-0.2, 0) is 4.79 Å². The monoisotopic (exact) mass is 407 g/mol. The summed E-state index contributed by atoms with van der Waals surface area (Å²) in [6.07, 6.45) is 3.73. The van der Waals surface area contributed by atoms with Gasteiger partial charge in [-0.05, 0) is 30.0 Å². The third-order valence-electron chi connectivity index (χ3n) is 4.80. The van der Waals surface area contributed by atoms with Gasteiger partial charge in [-0.15, -0.1) is 0 Å². The highest BCUT2D eigenvalue weighted by atomic mass is 19.1. The summed E-state index contributed by atoms with van der Waals surface area (Å²) in [4.78, 5) is 11.7. The number of carbonyl (C=O) groups excluding carboxylic acids is 1. The number of hydrogen-bond donors (Lipinski definition) is 5. The van der Waals surface area contributed by atoms with Crippen LogP contribution in [0.15, 0.2) is 54.4 Å². The van der Waals surface area contributed by atoms with Crippen molar-refractivity contribution in [2.24, 2.45) is 11.7 Å². The smallest absolute Gasteiger partial charge is 0.239 e. The van der Waals surface area contributed by atoms with Crippen molar-refractivity contribution >= 4 is 23.0 Å². The first kappa shape index (κ1) is 20.9. The lowest BCUT2D eigenvalue weighted by molar-refractivity contribution is -0.118. The number of anilines is 2. The Morgan fingerprint density at radius 2 is 2.03 bits per heavy atom. The average Bonchev–Trinajstić information content (AvgIpc) is 3.54. The van der Waals surface area contributed by atoms with Crippen LogP contribution in [0.25, 0.3) is 0 Å². The number of nitriles is 1. The molecule has 0 aromatic heterocycles. The molecule has 1 aliphatic rings. The third-order valence-corrected chi connectivity index (χ3v) is 4.80. The lowest BCUT2D eigenvalue weighted by atomic mass is 10.1. The van der Waals surface area contributed by atoms with Crippen LogP contribution in [-0.4, -0.2) is 22.8 Å². The zero-order chi connectivity index (χ0) is 21.7. The first-order chi connectivity index (χ1) is 14.4. The Morgan fingerprint density at radius 3 is 2.63 bits per heavy atom. The Kier molecular flexibility index (Phi) is 6.32. The number of rotatable bonds is 9. The molecule has 3 rings (SSSR count). The van der Waals surface area contributed by atoms with Crippen molar-refractivity contribution < 1.29 is 14.3 Å². The molecule has 6 N–H and O–H groups in total. The molecule has 0 aliphatic heterocycles. The van der Waals surface area contributed by atoms with Crippen LogP contribution in [0.1, 0.15) is 30.4 Å². The van der Waals surface area contributed by atoms with E-state index in [0.29, 0.717) is 17.9 Å². The highest BCUT2D eigenvalue weighted by Crippen LogP contribution is 2.35. The molecule has 154 valence electrons. The highest BCUT2D eigenvalue weighted by Gasteiger charge is 2.29. The molecular weight excluding hydrogens is 385 g/mol. The van der Waals surface area contributed by atoms with Crippen LogP contribution >= 0.6 is 0 Å². The Morgan fingerprint density at radius 1 is 1.33 bits per heavy atom. The largest absolute Gasteiger partial charge is 0.495 e. The number of halogens is 1. The summed E-state index contributed by atoms with van der Waals surface area (Å²) in [5, 5.41) is 33.0. The number of carbonyl (C=O) groups is 1. The van der Waals surface area contributed by atoms with Crippen molar-refractivity contribution in [3.05, 3.63) is 71.4 Å². The number of nitrogens with zero attached hydrogens (tertiary/aromatic N) is 1. The number of benzene rings is 2. The summed E-state index contributed by atoms with van der Waals surface area (Å²) in [6.45, 7) is 0. The summed E-state index contributed by atoms with van der Waals surface area (Å²) in [5.41, 5.74) is 6.16. The van der Waals surface area contributed by atoms with E-state index in [1.165, 1.54) is 12.1 Å². The number of primary amides is 1. The lowest BCUT2D eigenvalue weighted by Gasteiger charge is -2.18. The molecule has 2 aromatic rings. The van der Waals surface area contributed by atoms with Crippen molar-refractivity contribution in [2.75, 3.05) is 10.6 Å². The summed E-state index contributed by atoms with van der Waals surface area (Å²) < 4.78 is 14.5. The zero-order valence-electron chi connectivity index (χ0n) is 16.2. The minimum Gasteiger partial charge on any atom is -0.495 e. The van der Waals surface area contributed by atoms with Crippen LogP contribution in [0.4, 0.5) is 15.8 Å². The van der Waals surface area contributed by atoms with E-state index >= 15 is 0 Å². The molecule has 0 unspecified atom stereocenters. The fourth-order valence-corrected chi connectivity index (χ4v) is 3.01. The lowest BCUT2D eigenvalue weighted by Crippen LogP contribution is -2.36. The van der Waals surface area contributed by atoms with E-state index in [9.17, 15) is 19.6 Å². The quantitative estimate of drug-likeness (QED) is 0.319. The number of allylic oxidation sites excluding steroid dienone is 1. The summed E-state index contributed by atoms with van der Waals surface area (Å²) in [7, 11) is 0. The standard InChI is InChI=1S/C22H22FN5O2/c23-16-9-15(12-24)18(11-19(16)27-20(22(26)30)8-13-6-7-13)28-21(29)10-17(25)14-4-2-1-3-5-14/h1-5,9-11,13,20,25,27-29H,6-8H2,(H2,26,30)/b21-10-,25-17?/t20-/m1/s1. The van der Waals surface area contributed by atoms with E-state index in [1.807, 2.05) is 12.1 Å². The minimum atomic E-state index is -0.733. The van der Waals surface area contributed by atoms with Crippen molar-refractivity contribution in [3.63, 3.8) is 0 Å². The SMILES string of the molecule is N#Cc1cc(F)c(N[C@H](CC2CC2)C(N)=O)cc1N/C(O)=C/C(=N)c1ccccc1. The van der Waals surface area contributed by atoms with Crippen molar-refractivity contribution in [1.29, 1.82) is 10.7 Å². The summed E-state index contributed by atoms with van der Waals surface area (Å²) >= 11 is 0. The summed E-state index contributed by atoms with van der Waals surface area (Å²) in [5.74, 6) is -1.29. The van der Waals surface area contributed by atoms with E-state index in [-0.39, 0.29) is 28.5 Å². The van der Waals surface area contributed by atoms with Crippen LogP contribution in [0.5, 0.6) is 0 Å². The molecule has 1 saturated carbocycles. The van der Waals surface area contributed by atoms with Gasteiger partial charge in [-0.2, -0.15) is 5.26 Å². The molecule has 7 nitrogen and oxygen atoms in total. The predicted molar refractivity (Wildman–Crippen MR) is 113 cm³/mol. The average molecular weight is 407 g/mol. The Balaban J connectivity index is 1.82. The number of nitrogens with one attached hydrogen (secondary N) is 3. The van der Waals surface area contributed by atoms with E-state index in [4.69, 9.17) is 11.1 Å². The molecule has 2 aromatic carbocycles. The van der Waals surface area contributed by atoms with Gasteiger partial charge in [0.25, 0.3) is 0 Å². The number of hydrogen-bond acceptors (Lipinski definition) is 6. The van der Waals surface area contributed by atoms with Crippen molar-refractivity contribution in [3.8, 4) is 6.07 Å². The molecular formula is C22H22FN5O2. The Bertz CT molecular complexity index is 1030. The second-order valence-electron chi connectivity index (χ2n) is 7.20. The van der Waals surface area contributed by atoms with Gasteiger partial charge in [-0.25, -0.2) is 4.39 Å².